The van der Waals surface area contributed by atoms with E-state index in [9.17, 15) is 4.79 Å². The van der Waals surface area contributed by atoms with Crippen LogP contribution in [0.1, 0.15) is 0 Å². The predicted octanol–water partition coefficient (Wildman–Crippen LogP) is -0.904. The molecule has 7 nitrogen and oxygen atoms in total. The summed E-state index contributed by atoms with van der Waals surface area (Å²) in [5.41, 5.74) is -0.267. The second-order valence-corrected chi connectivity index (χ2v) is 4.13. The van der Waals surface area contributed by atoms with Crippen molar-refractivity contribution in [2.24, 2.45) is 0 Å². The van der Waals surface area contributed by atoms with Crippen molar-refractivity contribution >= 4 is 5.82 Å². The molecule has 0 unspecified atom stereocenters. The number of methoxy groups -OCH3 is 1. The average molecular weight is 253 g/mol. The van der Waals surface area contributed by atoms with Gasteiger partial charge in [0.1, 0.15) is 0 Å². The first-order valence-electron chi connectivity index (χ1n) is 6.10. The molecular formula is C11H19N5O2. The van der Waals surface area contributed by atoms with E-state index in [-0.39, 0.29) is 11.3 Å². The SMILES string of the molecule is COc1c(NCCN2CCNCC2)nc[nH]c1=O. The van der Waals surface area contributed by atoms with Gasteiger partial charge >= 0.3 is 0 Å². The highest BCUT2D eigenvalue weighted by Crippen LogP contribution is 2.13. The van der Waals surface area contributed by atoms with Crippen LogP contribution < -0.4 is 20.9 Å². The minimum atomic E-state index is -0.267. The van der Waals surface area contributed by atoms with Crippen LogP contribution in [0.15, 0.2) is 11.1 Å². The molecule has 0 bridgehead atoms. The molecule has 1 fully saturated rings. The van der Waals surface area contributed by atoms with Gasteiger partial charge in [0.15, 0.2) is 5.82 Å². The molecule has 0 spiro atoms. The van der Waals surface area contributed by atoms with Gasteiger partial charge < -0.3 is 20.4 Å². The Morgan fingerprint density at radius 1 is 1.50 bits per heavy atom. The van der Waals surface area contributed by atoms with E-state index in [0.29, 0.717) is 5.82 Å². The minimum absolute atomic E-state index is 0.234. The number of nitrogens with one attached hydrogen (secondary N) is 3. The van der Waals surface area contributed by atoms with Crippen LogP contribution in [0.25, 0.3) is 0 Å². The summed E-state index contributed by atoms with van der Waals surface area (Å²) in [5, 5.41) is 6.44. The lowest BCUT2D eigenvalue weighted by atomic mass is 10.3. The first-order valence-corrected chi connectivity index (χ1v) is 6.10. The third-order valence-corrected chi connectivity index (χ3v) is 2.94. The van der Waals surface area contributed by atoms with E-state index in [4.69, 9.17) is 4.74 Å². The van der Waals surface area contributed by atoms with Gasteiger partial charge in [0.05, 0.1) is 13.4 Å². The van der Waals surface area contributed by atoms with E-state index in [1.165, 1.54) is 13.4 Å². The largest absolute Gasteiger partial charge is 0.489 e. The standard InChI is InChI=1S/C11H19N5O2/c1-18-9-10(14-8-15-11(9)17)13-4-7-16-5-2-12-3-6-16/h8,12H,2-7H2,1H3,(H2,13,14,15,17). The third-order valence-electron chi connectivity index (χ3n) is 2.94. The van der Waals surface area contributed by atoms with Gasteiger partial charge in [-0.1, -0.05) is 0 Å². The molecule has 1 aliphatic heterocycles. The summed E-state index contributed by atoms with van der Waals surface area (Å²) in [4.78, 5) is 20.4. The molecular weight excluding hydrogens is 234 g/mol. The summed E-state index contributed by atoms with van der Waals surface area (Å²) >= 11 is 0. The number of nitrogens with zero attached hydrogens (tertiary/aromatic N) is 2. The topological polar surface area (TPSA) is 82.3 Å². The fourth-order valence-corrected chi connectivity index (χ4v) is 1.97. The number of anilines is 1. The highest BCUT2D eigenvalue weighted by molar-refractivity contribution is 5.47. The Bertz CT molecular complexity index is 428. The molecule has 1 aromatic heterocycles. The van der Waals surface area contributed by atoms with Gasteiger partial charge in [-0.25, -0.2) is 4.98 Å². The Hall–Kier alpha value is -1.60. The molecule has 100 valence electrons. The summed E-state index contributed by atoms with van der Waals surface area (Å²) < 4.78 is 5.03. The lowest BCUT2D eigenvalue weighted by Crippen LogP contribution is -2.45. The van der Waals surface area contributed by atoms with Crippen molar-refractivity contribution in [1.82, 2.24) is 20.2 Å². The molecule has 1 saturated heterocycles. The summed E-state index contributed by atoms with van der Waals surface area (Å²) in [7, 11) is 1.47. The highest BCUT2D eigenvalue weighted by atomic mass is 16.5. The van der Waals surface area contributed by atoms with Crippen molar-refractivity contribution in [2.45, 2.75) is 0 Å². The number of H-pyrrole nitrogens is 1. The zero-order valence-corrected chi connectivity index (χ0v) is 10.5. The maximum absolute atomic E-state index is 11.5. The molecule has 1 aliphatic rings. The second kappa shape index (κ2) is 6.36. The van der Waals surface area contributed by atoms with Crippen molar-refractivity contribution in [3.05, 3.63) is 16.7 Å². The van der Waals surface area contributed by atoms with E-state index in [1.807, 2.05) is 0 Å². The van der Waals surface area contributed by atoms with Gasteiger partial charge in [0.2, 0.25) is 5.75 Å². The Balaban J connectivity index is 1.86. The van der Waals surface area contributed by atoms with E-state index in [2.05, 4.69) is 25.5 Å². The van der Waals surface area contributed by atoms with Gasteiger partial charge in [-0.15, -0.1) is 0 Å². The smallest absolute Gasteiger partial charge is 0.295 e. The van der Waals surface area contributed by atoms with Crippen molar-refractivity contribution < 1.29 is 4.74 Å². The fourth-order valence-electron chi connectivity index (χ4n) is 1.97. The molecule has 0 saturated carbocycles. The quantitative estimate of drug-likeness (QED) is 0.630. The molecule has 0 aromatic carbocycles. The zero-order chi connectivity index (χ0) is 12.8. The molecule has 1 aromatic rings. The van der Waals surface area contributed by atoms with Crippen LogP contribution in [0, 0.1) is 0 Å². The molecule has 7 heteroatoms. The number of hydrogen-bond donors (Lipinski definition) is 3. The summed E-state index contributed by atoms with van der Waals surface area (Å²) in [6.45, 7) is 5.86. The van der Waals surface area contributed by atoms with E-state index >= 15 is 0 Å². The van der Waals surface area contributed by atoms with Crippen molar-refractivity contribution in [3.63, 3.8) is 0 Å². The number of piperazine rings is 1. The predicted molar refractivity (Wildman–Crippen MR) is 69.2 cm³/mol. The zero-order valence-electron chi connectivity index (χ0n) is 10.5. The van der Waals surface area contributed by atoms with Crippen LogP contribution in [0.4, 0.5) is 5.82 Å². The molecule has 0 aliphatic carbocycles. The number of ether oxygens (including phenoxy) is 1. The molecule has 2 heterocycles. The summed E-state index contributed by atoms with van der Waals surface area (Å²) in [6.07, 6.45) is 1.37. The lowest BCUT2D eigenvalue weighted by Gasteiger charge is -2.27. The normalized spacial score (nSPS) is 16.5. The van der Waals surface area contributed by atoms with E-state index in [0.717, 1.165) is 39.3 Å². The van der Waals surface area contributed by atoms with Crippen LogP contribution in [0.5, 0.6) is 5.75 Å². The van der Waals surface area contributed by atoms with Crippen LogP contribution >= 0.6 is 0 Å². The molecule has 2 rings (SSSR count). The van der Waals surface area contributed by atoms with Crippen LogP contribution in [0.3, 0.4) is 0 Å². The second-order valence-electron chi connectivity index (χ2n) is 4.13. The van der Waals surface area contributed by atoms with Gasteiger partial charge in [-0.3, -0.25) is 9.69 Å². The van der Waals surface area contributed by atoms with Gasteiger partial charge in [-0.05, 0) is 0 Å². The number of aromatic nitrogens is 2. The number of aromatic amines is 1. The summed E-state index contributed by atoms with van der Waals surface area (Å²) in [5.74, 6) is 0.731. The number of hydrogen-bond acceptors (Lipinski definition) is 6. The number of rotatable bonds is 5. The Morgan fingerprint density at radius 2 is 2.28 bits per heavy atom. The van der Waals surface area contributed by atoms with E-state index < -0.39 is 0 Å². The van der Waals surface area contributed by atoms with Crippen molar-refractivity contribution in [1.29, 1.82) is 0 Å². The molecule has 3 N–H and O–H groups in total. The van der Waals surface area contributed by atoms with Crippen LogP contribution in [-0.4, -0.2) is 61.2 Å². The maximum Gasteiger partial charge on any atom is 0.295 e. The Kier molecular flexibility index (Phi) is 4.54. The fraction of sp³-hybridized carbons (Fsp3) is 0.636. The molecule has 0 radical (unpaired) electrons. The van der Waals surface area contributed by atoms with Crippen LogP contribution in [-0.2, 0) is 0 Å². The van der Waals surface area contributed by atoms with Crippen molar-refractivity contribution in [3.8, 4) is 5.75 Å². The van der Waals surface area contributed by atoms with Crippen LogP contribution in [0.2, 0.25) is 0 Å². The Labute approximate surface area is 106 Å². The van der Waals surface area contributed by atoms with Gasteiger partial charge in [0, 0.05) is 39.3 Å². The molecule has 0 atom stereocenters. The van der Waals surface area contributed by atoms with Gasteiger partial charge in [-0.2, -0.15) is 0 Å². The van der Waals surface area contributed by atoms with E-state index in [1.54, 1.807) is 0 Å². The minimum Gasteiger partial charge on any atom is -0.489 e. The summed E-state index contributed by atoms with van der Waals surface area (Å²) in [6, 6.07) is 0. The third kappa shape index (κ3) is 3.21. The average Bonchev–Trinajstić information content (AvgIpc) is 2.40. The first kappa shape index (κ1) is 12.8. The highest BCUT2D eigenvalue weighted by Gasteiger charge is 2.11. The first-order chi connectivity index (χ1) is 8.81. The monoisotopic (exact) mass is 253 g/mol. The van der Waals surface area contributed by atoms with Gasteiger partial charge in [0.25, 0.3) is 5.56 Å². The lowest BCUT2D eigenvalue weighted by molar-refractivity contribution is 0.249. The Morgan fingerprint density at radius 3 is 3.00 bits per heavy atom. The molecule has 0 amide bonds. The molecule has 18 heavy (non-hydrogen) atoms. The maximum atomic E-state index is 11.5. The van der Waals surface area contributed by atoms with Crippen molar-refractivity contribution in [2.75, 3.05) is 51.7 Å².